The second-order valence-corrected chi connectivity index (χ2v) is 4.70. The Labute approximate surface area is 114 Å². The van der Waals surface area contributed by atoms with E-state index in [1.807, 2.05) is 6.92 Å². The lowest BCUT2D eigenvalue weighted by Gasteiger charge is -2.33. The van der Waals surface area contributed by atoms with Crippen LogP contribution >= 0.6 is 0 Å². The number of nitrogens with zero attached hydrogens (tertiary/aromatic N) is 1. The van der Waals surface area contributed by atoms with E-state index in [1.54, 1.807) is 0 Å². The van der Waals surface area contributed by atoms with E-state index in [0.717, 1.165) is 38.3 Å². The van der Waals surface area contributed by atoms with Crippen molar-refractivity contribution < 1.29 is 22.3 Å². The van der Waals surface area contributed by atoms with Crippen molar-refractivity contribution in [2.24, 2.45) is 0 Å². The molecule has 0 radical (unpaired) electrons. The van der Waals surface area contributed by atoms with Gasteiger partial charge in [-0.3, -0.25) is 4.90 Å². The van der Waals surface area contributed by atoms with Gasteiger partial charge in [0.1, 0.15) is 0 Å². The maximum absolute atomic E-state index is 13.7. The minimum atomic E-state index is -4.88. The van der Waals surface area contributed by atoms with Crippen molar-refractivity contribution in [2.75, 3.05) is 26.2 Å². The summed E-state index contributed by atoms with van der Waals surface area (Å²) in [6.07, 6.45) is -4.88. The summed E-state index contributed by atoms with van der Waals surface area (Å²) >= 11 is 0. The van der Waals surface area contributed by atoms with Crippen molar-refractivity contribution in [3.63, 3.8) is 0 Å². The highest BCUT2D eigenvalue weighted by molar-refractivity contribution is 5.31. The highest BCUT2D eigenvalue weighted by Gasteiger charge is 2.32. The van der Waals surface area contributed by atoms with E-state index >= 15 is 0 Å². The molecule has 1 aromatic carbocycles. The van der Waals surface area contributed by atoms with E-state index in [-0.39, 0.29) is 6.04 Å². The molecule has 1 aliphatic rings. The zero-order chi connectivity index (χ0) is 14.8. The molecule has 0 amide bonds. The average molecular weight is 292 g/mol. The summed E-state index contributed by atoms with van der Waals surface area (Å²) in [4.78, 5) is 2.15. The zero-order valence-electron chi connectivity index (χ0n) is 11.0. The highest BCUT2D eigenvalue weighted by atomic mass is 19.4. The Hall–Kier alpha value is -1.34. The van der Waals surface area contributed by atoms with Gasteiger partial charge in [-0.15, -0.1) is 13.2 Å². The lowest BCUT2D eigenvalue weighted by molar-refractivity contribution is -0.275. The minimum absolute atomic E-state index is 0.0495. The van der Waals surface area contributed by atoms with Crippen molar-refractivity contribution in [2.45, 2.75) is 19.3 Å². The normalized spacial score (nSPS) is 18.9. The standard InChI is InChI=1S/C13H16F4N2O/c1-9(19-6-4-18-5-7-19)10-2-3-12(11(14)8-10)20-13(15,16)17/h2-3,8-9,18H,4-7H2,1H3/t9-/m0/s1. The van der Waals surface area contributed by atoms with Crippen LogP contribution in [0.5, 0.6) is 5.75 Å². The van der Waals surface area contributed by atoms with Gasteiger partial charge in [-0.25, -0.2) is 4.39 Å². The first-order chi connectivity index (χ1) is 9.37. The lowest BCUT2D eigenvalue weighted by Crippen LogP contribution is -2.44. The Kier molecular flexibility index (Phi) is 4.49. The van der Waals surface area contributed by atoms with Gasteiger partial charge < -0.3 is 10.1 Å². The summed E-state index contributed by atoms with van der Waals surface area (Å²) in [5, 5.41) is 3.21. The van der Waals surface area contributed by atoms with Crippen molar-refractivity contribution in [1.82, 2.24) is 10.2 Å². The topological polar surface area (TPSA) is 24.5 Å². The van der Waals surface area contributed by atoms with Gasteiger partial charge in [0.25, 0.3) is 0 Å². The predicted molar refractivity (Wildman–Crippen MR) is 65.9 cm³/mol. The molecule has 0 bridgehead atoms. The van der Waals surface area contributed by atoms with Crippen LogP contribution in [0.4, 0.5) is 17.6 Å². The number of piperazine rings is 1. The molecule has 1 aliphatic heterocycles. The summed E-state index contributed by atoms with van der Waals surface area (Å²) in [6, 6.07) is 3.55. The fourth-order valence-corrected chi connectivity index (χ4v) is 2.26. The van der Waals surface area contributed by atoms with Gasteiger partial charge in [-0.2, -0.15) is 0 Å². The molecule has 20 heavy (non-hydrogen) atoms. The molecule has 1 atom stereocenters. The molecule has 1 heterocycles. The average Bonchev–Trinajstić information content (AvgIpc) is 2.40. The Bertz CT molecular complexity index is 458. The van der Waals surface area contributed by atoms with Crippen molar-refractivity contribution >= 4 is 0 Å². The molecule has 7 heteroatoms. The van der Waals surface area contributed by atoms with E-state index in [9.17, 15) is 17.6 Å². The fraction of sp³-hybridized carbons (Fsp3) is 0.538. The monoisotopic (exact) mass is 292 g/mol. The number of ether oxygens (including phenoxy) is 1. The number of rotatable bonds is 3. The second kappa shape index (κ2) is 5.97. The molecule has 0 spiro atoms. The molecule has 3 nitrogen and oxygen atoms in total. The van der Waals surface area contributed by atoms with Gasteiger partial charge >= 0.3 is 6.36 Å². The maximum Gasteiger partial charge on any atom is 0.573 e. The summed E-state index contributed by atoms with van der Waals surface area (Å²) in [7, 11) is 0. The van der Waals surface area contributed by atoms with Crippen LogP contribution in [-0.4, -0.2) is 37.4 Å². The van der Waals surface area contributed by atoms with E-state index in [4.69, 9.17) is 0 Å². The molecule has 0 unspecified atom stereocenters. The van der Waals surface area contributed by atoms with Gasteiger partial charge in [0, 0.05) is 32.2 Å². The highest BCUT2D eigenvalue weighted by Crippen LogP contribution is 2.29. The van der Waals surface area contributed by atoms with Gasteiger partial charge in [0.15, 0.2) is 11.6 Å². The van der Waals surface area contributed by atoms with Crippen LogP contribution in [0.15, 0.2) is 18.2 Å². The molecule has 112 valence electrons. The van der Waals surface area contributed by atoms with Crippen LogP contribution in [0.3, 0.4) is 0 Å². The molecule has 0 saturated carbocycles. The number of benzene rings is 1. The van der Waals surface area contributed by atoms with Crippen LogP contribution in [0.2, 0.25) is 0 Å². The SMILES string of the molecule is C[C@@H](c1ccc(OC(F)(F)F)c(F)c1)N1CCNCC1. The molecular weight excluding hydrogens is 276 g/mol. The number of alkyl halides is 3. The second-order valence-electron chi connectivity index (χ2n) is 4.70. The summed E-state index contributed by atoms with van der Waals surface area (Å²) < 4.78 is 53.5. The number of hydrogen-bond donors (Lipinski definition) is 1. The third-order valence-electron chi connectivity index (χ3n) is 3.36. The van der Waals surface area contributed by atoms with Crippen molar-refractivity contribution in [1.29, 1.82) is 0 Å². The largest absolute Gasteiger partial charge is 0.573 e. The van der Waals surface area contributed by atoms with Gasteiger partial charge in [0.05, 0.1) is 0 Å². The third kappa shape index (κ3) is 3.83. The van der Waals surface area contributed by atoms with Gasteiger partial charge in [-0.05, 0) is 24.6 Å². The Morgan fingerprint density at radius 3 is 2.45 bits per heavy atom. The van der Waals surface area contributed by atoms with Crippen LogP contribution in [0.1, 0.15) is 18.5 Å². The van der Waals surface area contributed by atoms with E-state index in [1.165, 1.54) is 6.07 Å². The van der Waals surface area contributed by atoms with Crippen LogP contribution in [0, 0.1) is 5.82 Å². The smallest absolute Gasteiger partial charge is 0.403 e. The first kappa shape index (κ1) is 15.1. The summed E-state index contributed by atoms with van der Waals surface area (Å²) in [5.41, 5.74) is 0.638. The molecule has 2 rings (SSSR count). The van der Waals surface area contributed by atoms with Crippen molar-refractivity contribution in [3.8, 4) is 5.75 Å². The molecule has 1 aromatic rings. The number of nitrogens with one attached hydrogen (secondary N) is 1. The number of halogens is 4. The van der Waals surface area contributed by atoms with Crippen molar-refractivity contribution in [3.05, 3.63) is 29.6 Å². The zero-order valence-corrected chi connectivity index (χ0v) is 11.0. The Morgan fingerprint density at radius 1 is 1.25 bits per heavy atom. The number of hydrogen-bond acceptors (Lipinski definition) is 3. The Morgan fingerprint density at radius 2 is 1.90 bits per heavy atom. The molecule has 1 saturated heterocycles. The molecule has 1 fully saturated rings. The molecule has 0 aromatic heterocycles. The maximum atomic E-state index is 13.7. The van der Waals surface area contributed by atoms with E-state index < -0.39 is 17.9 Å². The quantitative estimate of drug-likeness (QED) is 0.867. The van der Waals surface area contributed by atoms with Crippen LogP contribution in [0.25, 0.3) is 0 Å². The molecular formula is C13H16F4N2O. The van der Waals surface area contributed by atoms with Crippen LogP contribution in [-0.2, 0) is 0 Å². The summed E-state index contributed by atoms with van der Waals surface area (Å²) in [5.74, 6) is -1.80. The Balaban J connectivity index is 2.11. The van der Waals surface area contributed by atoms with Gasteiger partial charge in [-0.1, -0.05) is 6.07 Å². The van der Waals surface area contributed by atoms with Crippen LogP contribution < -0.4 is 10.1 Å². The predicted octanol–water partition coefficient (Wildman–Crippen LogP) is 2.69. The first-order valence-corrected chi connectivity index (χ1v) is 6.37. The lowest BCUT2D eigenvalue weighted by atomic mass is 10.1. The van der Waals surface area contributed by atoms with E-state index in [0.29, 0.717) is 5.56 Å². The summed E-state index contributed by atoms with van der Waals surface area (Å²) in [6.45, 7) is 5.25. The van der Waals surface area contributed by atoms with Gasteiger partial charge in [0.2, 0.25) is 0 Å². The molecule has 0 aliphatic carbocycles. The fourth-order valence-electron chi connectivity index (χ4n) is 2.26. The third-order valence-corrected chi connectivity index (χ3v) is 3.36. The first-order valence-electron chi connectivity index (χ1n) is 6.37. The van der Waals surface area contributed by atoms with E-state index in [2.05, 4.69) is 15.0 Å². The minimum Gasteiger partial charge on any atom is -0.403 e. The molecule has 1 N–H and O–H groups in total.